The van der Waals surface area contributed by atoms with Gasteiger partial charge < -0.3 is 10.4 Å². The molecule has 5 nitrogen and oxygen atoms in total. The first-order valence-corrected chi connectivity index (χ1v) is 9.15. The molecule has 1 aliphatic heterocycles. The SMILES string of the molecule is CC1CC(C(=O)O)CN(CC(=O)NC(C)c2ccc3ccccc3c2)C1. The molecule has 0 bridgehead atoms. The van der Waals surface area contributed by atoms with E-state index in [1.54, 1.807) is 0 Å². The predicted octanol–water partition coefficient (Wildman–Crippen LogP) is 3.06. The quantitative estimate of drug-likeness (QED) is 0.866. The van der Waals surface area contributed by atoms with Gasteiger partial charge in [-0.25, -0.2) is 0 Å². The fourth-order valence-electron chi connectivity index (χ4n) is 3.82. The molecule has 2 N–H and O–H groups in total. The van der Waals surface area contributed by atoms with Gasteiger partial charge >= 0.3 is 5.97 Å². The number of fused-ring (bicyclic) bond motifs is 1. The van der Waals surface area contributed by atoms with Crippen LogP contribution in [-0.2, 0) is 9.59 Å². The van der Waals surface area contributed by atoms with Crippen LogP contribution in [0.15, 0.2) is 42.5 Å². The molecule has 1 aliphatic rings. The molecule has 1 heterocycles. The van der Waals surface area contributed by atoms with Crippen molar-refractivity contribution in [2.45, 2.75) is 26.3 Å². The van der Waals surface area contributed by atoms with E-state index in [9.17, 15) is 14.7 Å². The van der Waals surface area contributed by atoms with Gasteiger partial charge in [0.05, 0.1) is 18.5 Å². The van der Waals surface area contributed by atoms with Crippen LogP contribution in [0.25, 0.3) is 10.8 Å². The zero-order chi connectivity index (χ0) is 18.7. The normalized spacial score (nSPS) is 22.1. The highest BCUT2D eigenvalue weighted by atomic mass is 16.4. The molecular formula is C21H26N2O3. The number of amides is 1. The van der Waals surface area contributed by atoms with Crippen molar-refractivity contribution in [2.75, 3.05) is 19.6 Å². The minimum absolute atomic E-state index is 0.0658. The third-order valence-corrected chi connectivity index (χ3v) is 5.10. The zero-order valence-electron chi connectivity index (χ0n) is 15.3. The molecule has 3 atom stereocenters. The first kappa shape index (κ1) is 18.4. The van der Waals surface area contributed by atoms with Crippen LogP contribution in [0.5, 0.6) is 0 Å². The lowest BCUT2D eigenvalue weighted by Gasteiger charge is -2.34. The fraction of sp³-hybridized carbons (Fsp3) is 0.429. The highest BCUT2D eigenvalue weighted by Gasteiger charge is 2.30. The van der Waals surface area contributed by atoms with Crippen LogP contribution in [0, 0.1) is 11.8 Å². The molecule has 2 aromatic carbocycles. The molecule has 3 unspecified atom stereocenters. The van der Waals surface area contributed by atoms with Crippen LogP contribution in [0.4, 0.5) is 0 Å². The molecule has 1 fully saturated rings. The van der Waals surface area contributed by atoms with Crippen LogP contribution in [0.1, 0.15) is 31.9 Å². The molecule has 26 heavy (non-hydrogen) atoms. The predicted molar refractivity (Wildman–Crippen MR) is 102 cm³/mol. The number of likely N-dealkylation sites (tertiary alicyclic amines) is 1. The molecular weight excluding hydrogens is 328 g/mol. The van der Waals surface area contributed by atoms with Gasteiger partial charge in [-0.05, 0) is 41.7 Å². The second kappa shape index (κ2) is 7.87. The summed E-state index contributed by atoms with van der Waals surface area (Å²) < 4.78 is 0. The maximum Gasteiger partial charge on any atom is 0.307 e. The van der Waals surface area contributed by atoms with E-state index in [1.807, 2.05) is 36.9 Å². The number of hydrogen-bond acceptors (Lipinski definition) is 3. The number of carboxylic acids is 1. The van der Waals surface area contributed by atoms with Crippen molar-refractivity contribution in [1.29, 1.82) is 0 Å². The molecule has 0 aliphatic carbocycles. The summed E-state index contributed by atoms with van der Waals surface area (Å²) in [6.07, 6.45) is 0.681. The average Bonchev–Trinajstić information content (AvgIpc) is 2.60. The molecule has 5 heteroatoms. The van der Waals surface area contributed by atoms with Gasteiger partial charge in [-0.15, -0.1) is 0 Å². The molecule has 0 spiro atoms. The van der Waals surface area contributed by atoms with E-state index in [1.165, 1.54) is 5.39 Å². The van der Waals surface area contributed by atoms with Gasteiger partial charge in [0.15, 0.2) is 0 Å². The Balaban J connectivity index is 1.60. The van der Waals surface area contributed by atoms with Gasteiger partial charge in [-0.1, -0.05) is 43.3 Å². The summed E-state index contributed by atoms with van der Waals surface area (Å²) in [7, 11) is 0. The molecule has 2 aromatic rings. The standard InChI is InChI=1S/C21H26N2O3/c1-14-9-19(21(25)26)12-23(11-14)13-20(24)22-15(2)17-8-7-16-5-3-4-6-18(16)10-17/h3-8,10,14-15,19H,9,11-13H2,1-2H3,(H,22,24)(H,25,26). The summed E-state index contributed by atoms with van der Waals surface area (Å²) >= 11 is 0. The van der Waals surface area contributed by atoms with Crippen LogP contribution in [0.3, 0.4) is 0 Å². The second-order valence-corrected chi connectivity index (χ2v) is 7.47. The van der Waals surface area contributed by atoms with Gasteiger partial charge in [0.1, 0.15) is 0 Å². The minimum atomic E-state index is -0.772. The van der Waals surface area contributed by atoms with E-state index in [0.29, 0.717) is 13.0 Å². The highest BCUT2D eigenvalue weighted by Crippen LogP contribution is 2.22. The third kappa shape index (κ3) is 4.41. The molecule has 138 valence electrons. The number of nitrogens with one attached hydrogen (secondary N) is 1. The van der Waals surface area contributed by atoms with E-state index in [2.05, 4.69) is 29.6 Å². The number of aliphatic carboxylic acids is 1. The maximum atomic E-state index is 12.4. The molecule has 1 amide bonds. The largest absolute Gasteiger partial charge is 0.481 e. The van der Waals surface area contributed by atoms with E-state index in [0.717, 1.165) is 17.5 Å². The summed E-state index contributed by atoms with van der Waals surface area (Å²) in [4.78, 5) is 25.7. The topological polar surface area (TPSA) is 69.6 Å². The lowest BCUT2D eigenvalue weighted by molar-refractivity contribution is -0.145. The van der Waals surface area contributed by atoms with Crippen molar-refractivity contribution in [3.8, 4) is 0 Å². The monoisotopic (exact) mass is 354 g/mol. The second-order valence-electron chi connectivity index (χ2n) is 7.47. The van der Waals surface area contributed by atoms with Crippen molar-refractivity contribution in [3.63, 3.8) is 0 Å². The van der Waals surface area contributed by atoms with Crippen molar-refractivity contribution in [2.24, 2.45) is 11.8 Å². The number of nitrogens with zero attached hydrogens (tertiary/aromatic N) is 1. The number of hydrogen-bond donors (Lipinski definition) is 2. The van der Waals surface area contributed by atoms with Crippen molar-refractivity contribution < 1.29 is 14.7 Å². The molecule has 0 aromatic heterocycles. The molecule has 3 rings (SSSR count). The first-order valence-electron chi connectivity index (χ1n) is 9.15. The Morgan fingerprint density at radius 2 is 1.92 bits per heavy atom. The van der Waals surface area contributed by atoms with Crippen LogP contribution < -0.4 is 5.32 Å². The van der Waals surface area contributed by atoms with Crippen molar-refractivity contribution in [3.05, 3.63) is 48.0 Å². The van der Waals surface area contributed by atoms with E-state index < -0.39 is 5.97 Å². The van der Waals surface area contributed by atoms with Crippen molar-refractivity contribution >= 4 is 22.6 Å². The molecule has 0 radical (unpaired) electrons. The Hall–Kier alpha value is -2.40. The van der Waals surface area contributed by atoms with Crippen LogP contribution in [0.2, 0.25) is 0 Å². The van der Waals surface area contributed by atoms with Gasteiger partial charge in [0.2, 0.25) is 5.91 Å². The number of carbonyl (C=O) groups is 2. The van der Waals surface area contributed by atoms with Gasteiger partial charge in [0.25, 0.3) is 0 Å². The molecule has 1 saturated heterocycles. The maximum absolute atomic E-state index is 12.4. The summed E-state index contributed by atoms with van der Waals surface area (Å²) in [5, 5.41) is 14.6. The summed E-state index contributed by atoms with van der Waals surface area (Å²) in [6, 6.07) is 14.3. The average molecular weight is 354 g/mol. The summed E-state index contributed by atoms with van der Waals surface area (Å²) in [5.41, 5.74) is 1.06. The van der Waals surface area contributed by atoms with Gasteiger partial charge in [-0.3, -0.25) is 14.5 Å². The Bertz CT molecular complexity index is 805. The zero-order valence-corrected chi connectivity index (χ0v) is 15.3. The number of carbonyl (C=O) groups excluding carboxylic acids is 1. The minimum Gasteiger partial charge on any atom is -0.481 e. The number of rotatable bonds is 5. The summed E-state index contributed by atoms with van der Waals surface area (Å²) in [6.45, 7) is 5.46. The van der Waals surface area contributed by atoms with Gasteiger partial charge in [0, 0.05) is 13.1 Å². The lowest BCUT2D eigenvalue weighted by atomic mass is 9.90. The smallest absolute Gasteiger partial charge is 0.307 e. The Morgan fingerprint density at radius 1 is 1.19 bits per heavy atom. The Morgan fingerprint density at radius 3 is 2.65 bits per heavy atom. The Kier molecular flexibility index (Phi) is 5.57. The highest BCUT2D eigenvalue weighted by molar-refractivity contribution is 5.83. The lowest BCUT2D eigenvalue weighted by Crippen LogP contribution is -2.47. The van der Waals surface area contributed by atoms with E-state index in [4.69, 9.17) is 0 Å². The van der Waals surface area contributed by atoms with Crippen LogP contribution in [-0.4, -0.2) is 41.5 Å². The number of piperidine rings is 1. The van der Waals surface area contributed by atoms with E-state index >= 15 is 0 Å². The van der Waals surface area contributed by atoms with E-state index in [-0.39, 0.29) is 30.3 Å². The Labute approximate surface area is 154 Å². The third-order valence-electron chi connectivity index (χ3n) is 5.10. The number of benzene rings is 2. The fourth-order valence-corrected chi connectivity index (χ4v) is 3.82. The first-order chi connectivity index (χ1) is 12.4. The summed E-state index contributed by atoms with van der Waals surface area (Å²) in [5.74, 6) is -0.935. The van der Waals surface area contributed by atoms with Crippen LogP contribution >= 0.6 is 0 Å². The molecule has 0 saturated carbocycles. The number of carboxylic acid groups (broad SMARTS) is 1. The van der Waals surface area contributed by atoms with Crippen molar-refractivity contribution in [1.82, 2.24) is 10.2 Å². The van der Waals surface area contributed by atoms with Gasteiger partial charge in [-0.2, -0.15) is 0 Å².